The summed E-state index contributed by atoms with van der Waals surface area (Å²) in [4.78, 5) is 26.4. The summed E-state index contributed by atoms with van der Waals surface area (Å²) < 4.78 is 7.49. The number of hydrogen-bond donors (Lipinski definition) is 4. The van der Waals surface area contributed by atoms with E-state index in [1.165, 1.54) is 0 Å². The standard InChI is InChI=1S/C24H40N8O2/c1-15(2)32-14-26-19-20(27-18-10-12-25-13-11-18)30-22(31-21(19)32)28-16-6-8-17(9-7-16)29-23(33)34-24(3,4)5/h14-18,25H,6-13H2,1-5H3,(H,29,33)(H2,27,28,30,31). The van der Waals surface area contributed by atoms with Gasteiger partial charge in [0, 0.05) is 24.2 Å². The molecule has 0 aromatic carbocycles. The van der Waals surface area contributed by atoms with Crippen molar-refractivity contribution in [2.24, 2.45) is 0 Å². The van der Waals surface area contributed by atoms with Crippen LogP contribution in [0, 0.1) is 0 Å². The van der Waals surface area contributed by atoms with E-state index in [9.17, 15) is 4.79 Å². The van der Waals surface area contributed by atoms with Gasteiger partial charge in [0.15, 0.2) is 17.0 Å². The molecule has 4 N–H and O–H groups in total. The van der Waals surface area contributed by atoms with Crippen LogP contribution in [0.3, 0.4) is 0 Å². The molecule has 0 atom stereocenters. The first kappa shape index (κ1) is 24.5. The fraction of sp³-hybridized carbons (Fsp3) is 0.750. The molecular weight excluding hydrogens is 432 g/mol. The van der Waals surface area contributed by atoms with E-state index in [-0.39, 0.29) is 24.2 Å². The third kappa shape index (κ3) is 6.28. The van der Waals surface area contributed by atoms with E-state index in [1.54, 1.807) is 0 Å². The predicted molar refractivity (Wildman–Crippen MR) is 134 cm³/mol. The van der Waals surface area contributed by atoms with E-state index in [1.807, 2.05) is 27.1 Å². The number of fused-ring (bicyclic) bond motifs is 1. The number of ether oxygens (including phenoxy) is 1. The molecule has 2 aromatic rings. The molecule has 0 radical (unpaired) electrons. The molecule has 10 nitrogen and oxygen atoms in total. The van der Waals surface area contributed by atoms with Crippen molar-refractivity contribution in [2.75, 3.05) is 23.7 Å². The summed E-state index contributed by atoms with van der Waals surface area (Å²) >= 11 is 0. The van der Waals surface area contributed by atoms with Crippen LogP contribution in [0.4, 0.5) is 16.6 Å². The normalized spacial score (nSPS) is 22.1. The Morgan fingerprint density at radius 2 is 1.68 bits per heavy atom. The minimum atomic E-state index is -0.485. The third-order valence-corrected chi connectivity index (χ3v) is 6.44. The highest BCUT2D eigenvalue weighted by atomic mass is 16.6. The number of amides is 1. The molecule has 0 bridgehead atoms. The first-order valence-corrected chi connectivity index (χ1v) is 12.7. The number of nitrogens with zero attached hydrogens (tertiary/aromatic N) is 4. The fourth-order valence-electron chi connectivity index (χ4n) is 4.66. The number of hydrogen-bond acceptors (Lipinski definition) is 8. The molecule has 2 aromatic heterocycles. The van der Waals surface area contributed by atoms with Crippen LogP contribution in [0.2, 0.25) is 0 Å². The minimum Gasteiger partial charge on any atom is -0.444 e. The minimum absolute atomic E-state index is 0.135. The zero-order valence-electron chi connectivity index (χ0n) is 21.1. The van der Waals surface area contributed by atoms with Crippen molar-refractivity contribution in [3.05, 3.63) is 6.33 Å². The third-order valence-electron chi connectivity index (χ3n) is 6.44. The van der Waals surface area contributed by atoms with E-state index in [4.69, 9.17) is 14.7 Å². The maximum absolute atomic E-state index is 12.1. The van der Waals surface area contributed by atoms with Gasteiger partial charge in [-0.3, -0.25) is 0 Å². The monoisotopic (exact) mass is 472 g/mol. The van der Waals surface area contributed by atoms with Crippen molar-refractivity contribution in [3.63, 3.8) is 0 Å². The maximum atomic E-state index is 12.1. The Morgan fingerprint density at radius 1 is 1.03 bits per heavy atom. The van der Waals surface area contributed by atoms with Gasteiger partial charge in [0.1, 0.15) is 5.60 Å². The second-order valence-corrected chi connectivity index (χ2v) is 10.8. The molecule has 3 heterocycles. The number of carbonyl (C=O) groups is 1. The first-order chi connectivity index (χ1) is 16.2. The molecule has 1 aliphatic carbocycles. The lowest BCUT2D eigenvalue weighted by atomic mass is 9.91. The number of imidazole rings is 1. The molecule has 1 saturated carbocycles. The summed E-state index contributed by atoms with van der Waals surface area (Å²) in [5.41, 5.74) is 1.19. The van der Waals surface area contributed by atoms with Crippen molar-refractivity contribution in [3.8, 4) is 0 Å². The summed E-state index contributed by atoms with van der Waals surface area (Å²) in [6, 6.07) is 1.03. The van der Waals surface area contributed by atoms with Gasteiger partial charge in [-0.05, 0) is 86.2 Å². The van der Waals surface area contributed by atoms with Gasteiger partial charge in [0.2, 0.25) is 5.95 Å². The van der Waals surface area contributed by atoms with Gasteiger partial charge in [-0.2, -0.15) is 9.97 Å². The molecule has 2 fully saturated rings. The van der Waals surface area contributed by atoms with Crippen molar-refractivity contribution in [2.45, 2.75) is 103 Å². The zero-order valence-corrected chi connectivity index (χ0v) is 21.1. The van der Waals surface area contributed by atoms with Crippen LogP contribution < -0.4 is 21.3 Å². The van der Waals surface area contributed by atoms with Gasteiger partial charge in [-0.1, -0.05) is 0 Å². The van der Waals surface area contributed by atoms with Crippen LogP contribution >= 0.6 is 0 Å². The summed E-state index contributed by atoms with van der Waals surface area (Å²) in [6.45, 7) is 11.9. The van der Waals surface area contributed by atoms with Crippen molar-refractivity contribution >= 4 is 29.0 Å². The fourth-order valence-corrected chi connectivity index (χ4v) is 4.66. The highest BCUT2D eigenvalue weighted by Crippen LogP contribution is 2.27. The Hall–Kier alpha value is -2.62. The van der Waals surface area contributed by atoms with Crippen LogP contribution in [-0.4, -0.2) is 62.4 Å². The number of anilines is 2. The van der Waals surface area contributed by atoms with Crippen LogP contribution in [0.15, 0.2) is 6.33 Å². The van der Waals surface area contributed by atoms with Gasteiger partial charge >= 0.3 is 6.09 Å². The van der Waals surface area contributed by atoms with Gasteiger partial charge in [-0.15, -0.1) is 0 Å². The van der Waals surface area contributed by atoms with Crippen molar-refractivity contribution < 1.29 is 9.53 Å². The molecule has 1 amide bonds. The van der Waals surface area contributed by atoms with E-state index in [0.29, 0.717) is 12.0 Å². The molecule has 1 saturated heterocycles. The number of nitrogens with one attached hydrogen (secondary N) is 4. The Bertz CT molecular complexity index is 969. The molecule has 0 unspecified atom stereocenters. The SMILES string of the molecule is CC(C)n1cnc2c(NC3CCNCC3)nc(NC3CCC(NC(=O)OC(C)(C)C)CC3)nc21. The number of alkyl carbamates (subject to hydrolysis) is 1. The van der Waals surface area contributed by atoms with Crippen LogP contribution in [0.1, 0.15) is 79.2 Å². The number of carbonyl (C=O) groups excluding carboxylic acids is 1. The smallest absolute Gasteiger partial charge is 0.407 e. The van der Waals surface area contributed by atoms with E-state index in [2.05, 4.69) is 44.7 Å². The quantitative estimate of drug-likeness (QED) is 0.501. The number of piperidine rings is 1. The highest BCUT2D eigenvalue weighted by molar-refractivity contribution is 5.84. The second kappa shape index (κ2) is 10.3. The summed E-state index contributed by atoms with van der Waals surface area (Å²) in [5.74, 6) is 1.44. The van der Waals surface area contributed by atoms with Crippen LogP contribution in [-0.2, 0) is 4.74 Å². The van der Waals surface area contributed by atoms with Crippen molar-refractivity contribution in [1.29, 1.82) is 0 Å². The first-order valence-electron chi connectivity index (χ1n) is 12.7. The molecule has 188 valence electrons. The Labute approximate surface area is 202 Å². The molecule has 0 spiro atoms. The molecule has 34 heavy (non-hydrogen) atoms. The van der Waals surface area contributed by atoms with E-state index >= 15 is 0 Å². The maximum Gasteiger partial charge on any atom is 0.407 e. The highest BCUT2D eigenvalue weighted by Gasteiger charge is 2.26. The average Bonchev–Trinajstić information content (AvgIpc) is 3.19. The lowest BCUT2D eigenvalue weighted by Gasteiger charge is -2.30. The van der Waals surface area contributed by atoms with Gasteiger partial charge in [0.25, 0.3) is 0 Å². The Kier molecular flexibility index (Phi) is 7.45. The van der Waals surface area contributed by atoms with Gasteiger partial charge in [-0.25, -0.2) is 9.78 Å². The Balaban J connectivity index is 1.43. The predicted octanol–water partition coefficient (Wildman–Crippen LogP) is 3.82. The zero-order chi connectivity index (χ0) is 24.3. The van der Waals surface area contributed by atoms with Crippen LogP contribution in [0.5, 0.6) is 0 Å². The number of aromatic nitrogens is 4. The van der Waals surface area contributed by atoms with Crippen molar-refractivity contribution in [1.82, 2.24) is 30.2 Å². The largest absolute Gasteiger partial charge is 0.444 e. The topological polar surface area (TPSA) is 118 Å². The van der Waals surface area contributed by atoms with Crippen LogP contribution in [0.25, 0.3) is 11.2 Å². The molecular formula is C24H40N8O2. The molecule has 4 rings (SSSR count). The second-order valence-electron chi connectivity index (χ2n) is 10.8. The lowest BCUT2D eigenvalue weighted by molar-refractivity contribution is 0.0492. The van der Waals surface area contributed by atoms with E-state index in [0.717, 1.165) is 68.6 Å². The molecule has 1 aliphatic heterocycles. The molecule has 2 aliphatic rings. The van der Waals surface area contributed by atoms with Gasteiger partial charge < -0.3 is 30.6 Å². The average molecular weight is 473 g/mol. The molecule has 10 heteroatoms. The number of rotatable bonds is 6. The summed E-state index contributed by atoms with van der Waals surface area (Å²) in [7, 11) is 0. The summed E-state index contributed by atoms with van der Waals surface area (Å²) in [5, 5.41) is 13.6. The lowest BCUT2D eigenvalue weighted by Crippen LogP contribution is -2.42. The van der Waals surface area contributed by atoms with Gasteiger partial charge in [0.05, 0.1) is 6.33 Å². The summed E-state index contributed by atoms with van der Waals surface area (Å²) in [6.07, 6.45) is 7.29. The Morgan fingerprint density at radius 3 is 2.32 bits per heavy atom. The van der Waals surface area contributed by atoms with E-state index < -0.39 is 5.60 Å².